The number of hydrogen-bond donors (Lipinski definition) is 3. The quantitative estimate of drug-likeness (QED) is 0.485. The van der Waals surface area contributed by atoms with Crippen molar-refractivity contribution in [2.24, 2.45) is 0 Å². The van der Waals surface area contributed by atoms with Crippen molar-refractivity contribution in [3.05, 3.63) is 52.5 Å². The van der Waals surface area contributed by atoms with E-state index in [9.17, 15) is 5.26 Å². The Kier molecular flexibility index (Phi) is 5.53. The topological polar surface area (TPSA) is 112 Å². The molecular weight excluding hydrogens is 378 g/mol. The summed E-state index contributed by atoms with van der Waals surface area (Å²) in [6.07, 6.45) is 2.42. The van der Waals surface area contributed by atoms with Gasteiger partial charge in [0.05, 0.1) is 17.8 Å². The molecule has 0 spiro atoms. The van der Waals surface area contributed by atoms with Crippen molar-refractivity contribution in [1.82, 2.24) is 20.2 Å². The largest absolute Gasteiger partial charge is 0.490 e. The zero-order chi connectivity index (χ0) is 21.1. The van der Waals surface area contributed by atoms with Crippen molar-refractivity contribution < 1.29 is 4.74 Å². The first-order valence-electron chi connectivity index (χ1n) is 10.1. The SMILES string of the molecule is Cc1ccc(OCCNc2nc(Nc3cc(C4CC4)[nH]n3)cc(C)c2C#N)c(C)n1. The summed E-state index contributed by atoms with van der Waals surface area (Å²) in [5.74, 6) is 3.26. The molecule has 8 heteroatoms. The number of H-pyrrole nitrogens is 1. The van der Waals surface area contributed by atoms with Gasteiger partial charge < -0.3 is 15.4 Å². The number of aromatic nitrogens is 4. The number of anilines is 3. The summed E-state index contributed by atoms with van der Waals surface area (Å²) < 4.78 is 5.81. The standard InChI is InChI=1S/C22H25N7O/c1-13-10-20(26-21-11-18(28-29-21)16-5-6-16)27-22(17(13)12-23)24-8-9-30-19-7-4-14(2)25-15(19)3/h4,7,10-11,16H,5-6,8-9H2,1-3H3,(H3,24,26,27,28,29). The van der Waals surface area contributed by atoms with E-state index in [0.717, 1.165) is 34.2 Å². The molecule has 30 heavy (non-hydrogen) atoms. The van der Waals surface area contributed by atoms with Crippen LogP contribution in [0.15, 0.2) is 24.3 Å². The number of nitrogens with zero attached hydrogens (tertiary/aromatic N) is 4. The normalized spacial score (nSPS) is 13.0. The van der Waals surface area contributed by atoms with Crippen molar-refractivity contribution in [3.63, 3.8) is 0 Å². The summed E-state index contributed by atoms with van der Waals surface area (Å²) in [5, 5.41) is 23.4. The Morgan fingerprint density at radius 2 is 2.00 bits per heavy atom. The highest BCUT2D eigenvalue weighted by molar-refractivity contribution is 5.63. The number of pyridine rings is 2. The summed E-state index contributed by atoms with van der Waals surface area (Å²) in [6, 6.07) is 9.95. The first-order valence-corrected chi connectivity index (χ1v) is 10.1. The molecule has 0 radical (unpaired) electrons. The highest BCUT2D eigenvalue weighted by Gasteiger charge is 2.25. The molecule has 0 amide bonds. The Hall–Kier alpha value is -3.60. The summed E-state index contributed by atoms with van der Waals surface area (Å²) in [7, 11) is 0. The predicted octanol–water partition coefficient (Wildman–Crippen LogP) is 4.11. The molecule has 0 bridgehead atoms. The highest BCUT2D eigenvalue weighted by Crippen LogP contribution is 2.39. The van der Waals surface area contributed by atoms with E-state index in [0.29, 0.717) is 36.3 Å². The number of rotatable bonds is 8. The average Bonchev–Trinajstić information content (AvgIpc) is 3.46. The monoisotopic (exact) mass is 403 g/mol. The molecule has 0 saturated heterocycles. The van der Waals surface area contributed by atoms with Crippen LogP contribution < -0.4 is 15.4 Å². The molecule has 1 aliphatic rings. The lowest BCUT2D eigenvalue weighted by molar-refractivity contribution is 0.328. The summed E-state index contributed by atoms with van der Waals surface area (Å²) in [4.78, 5) is 8.98. The number of aryl methyl sites for hydroxylation is 3. The van der Waals surface area contributed by atoms with Crippen LogP contribution in [0.4, 0.5) is 17.5 Å². The van der Waals surface area contributed by atoms with Crippen LogP contribution in [0, 0.1) is 32.1 Å². The van der Waals surface area contributed by atoms with Gasteiger partial charge in [0.2, 0.25) is 0 Å². The number of hydrogen-bond acceptors (Lipinski definition) is 7. The van der Waals surface area contributed by atoms with E-state index in [-0.39, 0.29) is 0 Å². The molecule has 3 aromatic rings. The Bertz CT molecular complexity index is 1100. The van der Waals surface area contributed by atoms with Gasteiger partial charge in [-0.2, -0.15) is 10.4 Å². The van der Waals surface area contributed by atoms with Crippen molar-refractivity contribution >= 4 is 17.5 Å². The van der Waals surface area contributed by atoms with E-state index in [4.69, 9.17) is 4.74 Å². The van der Waals surface area contributed by atoms with Crippen molar-refractivity contribution in [3.8, 4) is 11.8 Å². The summed E-state index contributed by atoms with van der Waals surface area (Å²) >= 11 is 0. The molecule has 0 aromatic carbocycles. The van der Waals surface area contributed by atoms with Crippen LogP contribution >= 0.6 is 0 Å². The van der Waals surface area contributed by atoms with Crippen LogP contribution in [0.5, 0.6) is 5.75 Å². The fourth-order valence-electron chi connectivity index (χ4n) is 3.30. The summed E-state index contributed by atoms with van der Waals surface area (Å²) in [6.45, 7) is 6.71. The minimum absolute atomic E-state index is 0.430. The number of nitrogens with one attached hydrogen (secondary N) is 3. The molecule has 8 nitrogen and oxygen atoms in total. The molecule has 1 aliphatic carbocycles. The molecule has 3 aromatic heterocycles. The van der Waals surface area contributed by atoms with Gasteiger partial charge in [0.15, 0.2) is 5.82 Å². The third-order valence-corrected chi connectivity index (χ3v) is 5.03. The molecule has 154 valence electrons. The lowest BCUT2D eigenvalue weighted by Crippen LogP contribution is -2.15. The molecule has 0 aliphatic heterocycles. The molecule has 0 unspecified atom stereocenters. The third-order valence-electron chi connectivity index (χ3n) is 5.03. The number of ether oxygens (including phenoxy) is 1. The zero-order valence-electron chi connectivity index (χ0n) is 17.4. The van der Waals surface area contributed by atoms with Crippen LogP contribution in [-0.4, -0.2) is 33.3 Å². The van der Waals surface area contributed by atoms with Crippen LogP contribution in [0.25, 0.3) is 0 Å². The number of nitriles is 1. The third kappa shape index (κ3) is 4.51. The average molecular weight is 403 g/mol. The van der Waals surface area contributed by atoms with Gasteiger partial charge in [0.25, 0.3) is 0 Å². The second-order valence-corrected chi connectivity index (χ2v) is 7.58. The fraction of sp³-hybridized carbons (Fsp3) is 0.364. The Balaban J connectivity index is 1.41. The van der Waals surface area contributed by atoms with E-state index >= 15 is 0 Å². The van der Waals surface area contributed by atoms with Gasteiger partial charge in [-0.3, -0.25) is 10.1 Å². The first-order chi connectivity index (χ1) is 14.5. The number of aromatic amines is 1. The smallest absolute Gasteiger partial charge is 0.153 e. The molecule has 1 fully saturated rings. The zero-order valence-corrected chi connectivity index (χ0v) is 17.4. The second kappa shape index (κ2) is 8.41. The van der Waals surface area contributed by atoms with Crippen LogP contribution in [-0.2, 0) is 0 Å². The van der Waals surface area contributed by atoms with Crippen molar-refractivity contribution in [2.45, 2.75) is 39.5 Å². The van der Waals surface area contributed by atoms with Crippen molar-refractivity contribution in [1.29, 1.82) is 5.26 Å². The molecule has 0 atom stereocenters. The van der Waals surface area contributed by atoms with Gasteiger partial charge in [0, 0.05) is 23.4 Å². The lowest BCUT2D eigenvalue weighted by atomic mass is 10.1. The van der Waals surface area contributed by atoms with Gasteiger partial charge in [-0.25, -0.2) is 4.98 Å². The lowest BCUT2D eigenvalue weighted by Gasteiger charge is -2.13. The first kappa shape index (κ1) is 19.7. The van der Waals surface area contributed by atoms with Gasteiger partial charge in [-0.1, -0.05) is 0 Å². The maximum absolute atomic E-state index is 9.54. The molecule has 3 heterocycles. The van der Waals surface area contributed by atoms with Gasteiger partial charge >= 0.3 is 0 Å². The maximum Gasteiger partial charge on any atom is 0.153 e. The van der Waals surface area contributed by atoms with E-state index < -0.39 is 0 Å². The predicted molar refractivity (Wildman–Crippen MR) is 115 cm³/mol. The van der Waals surface area contributed by atoms with Crippen LogP contribution in [0.2, 0.25) is 0 Å². The van der Waals surface area contributed by atoms with Crippen LogP contribution in [0.1, 0.15) is 47.0 Å². The van der Waals surface area contributed by atoms with Gasteiger partial charge in [-0.05, 0) is 57.4 Å². The van der Waals surface area contributed by atoms with Crippen molar-refractivity contribution in [2.75, 3.05) is 23.8 Å². The van der Waals surface area contributed by atoms with E-state index in [2.05, 4.69) is 36.9 Å². The minimum atomic E-state index is 0.430. The highest BCUT2D eigenvalue weighted by atomic mass is 16.5. The van der Waals surface area contributed by atoms with Gasteiger partial charge in [0.1, 0.15) is 30.1 Å². The van der Waals surface area contributed by atoms with Crippen LogP contribution in [0.3, 0.4) is 0 Å². The Labute approximate surface area is 175 Å². The molecule has 1 saturated carbocycles. The molecular formula is C22H25N7O. The fourth-order valence-corrected chi connectivity index (χ4v) is 3.30. The molecule has 3 N–H and O–H groups in total. The maximum atomic E-state index is 9.54. The Morgan fingerprint density at radius 1 is 1.17 bits per heavy atom. The summed E-state index contributed by atoms with van der Waals surface area (Å²) in [5.41, 5.74) is 4.34. The van der Waals surface area contributed by atoms with E-state index in [1.165, 1.54) is 12.8 Å². The van der Waals surface area contributed by atoms with E-state index in [1.807, 2.05) is 45.0 Å². The second-order valence-electron chi connectivity index (χ2n) is 7.58. The van der Waals surface area contributed by atoms with Gasteiger partial charge in [-0.15, -0.1) is 0 Å². The Morgan fingerprint density at radius 3 is 2.73 bits per heavy atom. The molecule has 4 rings (SSSR count). The minimum Gasteiger partial charge on any atom is -0.490 e. The van der Waals surface area contributed by atoms with E-state index in [1.54, 1.807) is 0 Å².